The van der Waals surface area contributed by atoms with Crippen molar-refractivity contribution in [1.29, 1.82) is 0 Å². The third kappa shape index (κ3) is 5.13. The predicted molar refractivity (Wildman–Crippen MR) is 111 cm³/mol. The third-order valence-electron chi connectivity index (χ3n) is 4.59. The zero-order chi connectivity index (χ0) is 21.2. The molecule has 3 aromatic rings. The third-order valence-corrected chi connectivity index (χ3v) is 6.29. The van der Waals surface area contributed by atoms with Gasteiger partial charge in [0, 0.05) is 32.6 Å². The molecule has 0 unspecified atom stereocenters. The highest BCUT2D eigenvalue weighted by Crippen LogP contribution is 2.32. The summed E-state index contributed by atoms with van der Waals surface area (Å²) in [7, 11) is -1.25. The van der Waals surface area contributed by atoms with Crippen molar-refractivity contribution in [3.05, 3.63) is 64.7 Å². The van der Waals surface area contributed by atoms with Gasteiger partial charge in [-0.15, -0.1) is 0 Å². The first-order valence-corrected chi connectivity index (χ1v) is 13.0. The maximum absolute atomic E-state index is 12.9. The topological polar surface area (TPSA) is 44.1 Å². The van der Waals surface area contributed by atoms with Crippen LogP contribution >= 0.6 is 0 Å². The molecule has 0 aliphatic heterocycles. The van der Waals surface area contributed by atoms with Crippen LogP contribution in [0.25, 0.3) is 22.0 Å². The van der Waals surface area contributed by atoms with Crippen LogP contribution in [-0.2, 0) is 17.6 Å². The van der Waals surface area contributed by atoms with Crippen LogP contribution < -0.4 is 5.56 Å². The van der Waals surface area contributed by atoms with Gasteiger partial charge < -0.3 is 4.74 Å². The highest BCUT2D eigenvalue weighted by molar-refractivity contribution is 6.76. The average Bonchev–Trinajstić information content (AvgIpc) is 2.65. The van der Waals surface area contributed by atoms with Crippen molar-refractivity contribution >= 4 is 19.0 Å². The molecule has 0 saturated carbocycles. The van der Waals surface area contributed by atoms with E-state index in [0.29, 0.717) is 28.6 Å². The summed E-state index contributed by atoms with van der Waals surface area (Å²) >= 11 is 0. The zero-order valence-corrected chi connectivity index (χ0v) is 17.6. The molecule has 0 radical (unpaired) electrons. The van der Waals surface area contributed by atoms with Crippen LogP contribution in [-0.4, -0.2) is 24.2 Å². The lowest BCUT2D eigenvalue weighted by Crippen LogP contribution is -2.25. The number of alkyl halides is 3. The minimum Gasteiger partial charge on any atom is -0.361 e. The van der Waals surface area contributed by atoms with Gasteiger partial charge in [0.2, 0.25) is 0 Å². The molecule has 2 aromatic heterocycles. The smallest absolute Gasteiger partial charge is 0.361 e. The van der Waals surface area contributed by atoms with Gasteiger partial charge in [0.1, 0.15) is 6.73 Å². The van der Waals surface area contributed by atoms with E-state index < -0.39 is 19.8 Å². The Labute approximate surface area is 168 Å². The van der Waals surface area contributed by atoms with Crippen LogP contribution in [0.4, 0.5) is 13.2 Å². The summed E-state index contributed by atoms with van der Waals surface area (Å²) in [6, 6.07) is 9.16. The average molecular weight is 421 g/mol. The van der Waals surface area contributed by atoms with Gasteiger partial charge in [0.25, 0.3) is 5.56 Å². The first-order valence-electron chi connectivity index (χ1n) is 9.30. The molecule has 29 heavy (non-hydrogen) atoms. The molecule has 1 aromatic carbocycles. The molecule has 2 heterocycles. The molecule has 0 N–H and O–H groups in total. The van der Waals surface area contributed by atoms with Crippen molar-refractivity contribution in [3.63, 3.8) is 0 Å². The lowest BCUT2D eigenvalue weighted by molar-refractivity contribution is -0.137. The lowest BCUT2D eigenvalue weighted by atomic mass is 10.0. The highest BCUT2D eigenvalue weighted by atomic mass is 28.3. The Bertz CT molecular complexity index is 1050. The maximum Gasteiger partial charge on any atom is 0.416 e. The fourth-order valence-electron chi connectivity index (χ4n) is 2.91. The summed E-state index contributed by atoms with van der Waals surface area (Å²) in [5.41, 5.74) is 0.633. The number of hydrogen-bond donors (Lipinski definition) is 0. The molecule has 0 bridgehead atoms. The number of rotatable bonds is 6. The van der Waals surface area contributed by atoms with Gasteiger partial charge in [-0.3, -0.25) is 14.3 Å². The Morgan fingerprint density at radius 3 is 2.41 bits per heavy atom. The Hall–Kier alpha value is -2.45. The molecular formula is C21H23F3N2O2Si. The molecule has 154 valence electrons. The molecule has 0 atom stereocenters. The van der Waals surface area contributed by atoms with Crippen molar-refractivity contribution in [1.82, 2.24) is 9.55 Å². The second-order valence-corrected chi connectivity index (χ2v) is 13.8. The first-order chi connectivity index (χ1) is 13.6. The molecule has 3 rings (SSSR count). The van der Waals surface area contributed by atoms with Crippen molar-refractivity contribution in [2.45, 2.75) is 38.6 Å². The van der Waals surface area contributed by atoms with Gasteiger partial charge in [0.15, 0.2) is 0 Å². The summed E-state index contributed by atoms with van der Waals surface area (Å²) in [4.78, 5) is 17.1. The first kappa shape index (κ1) is 21.3. The Morgan fingerprint density at radius 2 is 1.79 bits per heavy atom. The van der Waals surface area contributed by atoms with Gasteiger partial charge >= 0.3 is 6.18 Å². The van der Waals surface area contributed by atoms with Gasteiger partial charge in [0.05, 0.1) is 16.5 Å². The summed E-state index contributed by atoms with van der Waals surface area (Å²) in [5, 5.41) is 0.402. The molecule has 0 saturated heterocycles. The number of fused-ring (bicyclic) bond motifs is 1. The van der Waals surface area contributed by atoms with E-state index in [4.69, 9.17) is 4.74 Å². The van der Waals surface area contributed by atoms with E-state index in [-0.39, 0.29) is 12.3 Å². The van der Waals surface area contributed by atoms with E-state index in [0.717, 1.165) is 18.2 Å². The van der Waals surface area contributed by atoms with E-state index >= 15 is 0 Å². The van der Waals surface area contributed by atoms with Crippen molar-refractivity contribution < 1.29 is 17.9 Å². The quantitative estimate of drug-likeness (QED) is 0.396. The summed E-state index contributed by atoms with van der Waals surface area (Å²) in [6.07, 6.45) is -1.24. The standard InChI is InChI=1S/C21H23F3N2O2Si/c1-29(2,3)12-11-28-14-26-13-18(19-17(20(26)27)5-4-10-25-19)15-6-8-16(9-7-15)21(22,23)24/h4-10,13H,11-12,14H2,1-3H3. The number of pyridine rings is 2. The highest BCUT2D eigenvalue weighted by Gasteiger charge is 2.30. The van der Waals surface area contributed by atoms with Crippen molar-refractivity contribution in [2.75, 3.05) is 6.61 Å². The van der Waals surface area contributed by atoms with Gasteiger partial charge in [-0.2, -0.15) is 13.2 Å². The predicted octanol–water partition coefficient (Wildman–Crippen LogP) is 5.39. The molecule has 0 fully saturated rings. The van der Waals surface area contributed by atoms with Crippen LogP contribution in [0.3, 0.4) is 0 Å². The van der Waals surface area contributed by atoms with Crippen LogP contribution in [0, 0.1) is 0 Å². The monoisotopic (exact) mass is 420 g/mol. The minimum absolute atomic E-state index is 0.0851. The summed E-state index contributed by atoms with van der Waals surface area (Å²) in [6.45, 7) is 7.37. The van der Waals surface area contributed by atoms with Gasteiger partial charge in [-0.25, -0.2) is 0 Å². The molecule has 4 nitrogen and oxygen atoms in total. The maximum atomic E-state index is 12.9. The lowest BCUT2D eigenvalue weighted by Gasteiger charge is -2.16. The Morgan fingerprint density at radius 1 is 1.10 bits per heavy atom. The second-order valence-electron chi connectivity index (χ2n) is 8.14. The second kappa shape index (κ2) is 8.12. The Kier molecular flexibility index (Phi) is 5.95. The fraction of sp³-hybridized carbons (Fsp3) is 0.333. The van der Waals surface area contributed by atoms with Gasteiger partial charge in [-0.05, 0) is 35.9 Å². The summed E-state index contributed by atoms with van der Waals surface area (Å²) in [5.74, 6) is 0. The number of benzene rings is 1. The molecular weight excluding hydrogens is 397 g/mol. The van der Waals surface area contributed by atoms with Gasteiger partial charge in [-0.1, -0.05) is 31.8 Å². The van der Waals surface area contributed by atoms with Crippen LogP contribution in [0.2, 0.25) is 25.7 Å². The molecule has 0 amide bonds. The van der Waals surface area contributed by atoms with E-state index in [1.54, 1.807) is 24.5 Å². The number of nitrogens with zero attached hydrogens (tertiary/aromatic N) is 2. The largest absolute Gasteiger partial charge is 0.416 e. The normalized spacial score (nSPS) is 12.5. The van der Waals surface area contributed by atoms with Crippen molar-refractivity contribution in [3.8, 4) is 11.1 Å². The van der Waals surface area contributed by atoms with Crippen LogP contribution in [0.1, 0.15) is 5.56 Å². The number of ether oxygens (including phenoxy) is 1. The number of halogens is 3. The fourth-order valence-corrected chi connectivity index (χ4v) is 3.67. The van der Waals surface area contributed by atoms with E-state index in [1.807, 2.05) is 0 Å². The molecule has 0 aliphatic carbocycles. The van der Waals surface area contributed by atoms with Crippen molar-refractivity contribution in [2.24, 2.45) is 0 Å². The van der Waals surface area contributed by atoms with E-state index in [9.17, 15) is 18.0 Å². The molecule has 0 spiro atoms. The number of hydrogen-bond acceptors (Lipinski definition) is 3. The minimum atomic E-state index is -4.40. The van der Waals surface area contributed by atoms with E-state index in [2.05, 4.69) is 24.6 Å². The molecule has 0 aliphatic rings. The Balaban J connectivity index is 1.98. The van der Waals surface area contributed by atoms with E-state index in [1.165, 1.54) is 16.7 Å². The zero-order valence-electron chi connectivity index (χ0n) is 16.6. The SMILES string of the molecule is C[Si](C)(C)CCOCn1cc(-c2ccc(C(F)(F)F)cc2)c2ncccc2c1=O. The molecule has 8 heteroatoms. The van der Waals surface area contributed by atoms with Crippen LogP contribution in [0.5, 0.6) is 0 Å². The van der Waals surface area contributed by atoms with Crippen LogP contribution in [0.15, 0.2) is 53.6 Å². The summed E-state index contributed by atoms with van der Waals surface area (Å²) < 4.78 is 45.8. The number of aromatic nitrogens is 2.